The van der Waals surface area contributed by atoms with Gasteiger partial charge in [0.2, 0.25) is 15.9 Å². The summed E-state index contributed by atoms with van der Waals surface area (Å²) in [6.07, 6.45) is -0.860. The Hall–Kier alpha value is -2.24. The molecule has 1 amide bonds. The summed E-state index contributed by atoms with van der Waals surface area (Å²) in [5, 5.41) is 21.0. The maximum atomic E-state index is 12.9. The maximum absolute atomic E-state index is 12.9. The summed E-state index contributed by atoms with van der Waals surface area (Å²) in [6.45, 7) is 7.02. The van der Waals surface area contributed by atoms with Crippen molar-refractivity contribution in [3.8, 4) is 0 Å². The Morgan fingerprint density at radius 2 is 1.71 bits per heavy atom. The maximum Gasteiger partial charge on any atom is 0.635 e. The lowest BCUT2D eigenvalue weighted by Gasteiger charge is -2.24. The van der Waals surface area contributed by atoms with Gasteiger partial charge in [-0.2, -0.15) is 4.31 Å². The summed E-state index contributed by atoms with van der Waals surface area (Å²) < 4.78 is 31.8. The van der Waals surface area contributed by atoms with E-state index in [0.29, 0.717) is 0 Å². The second-order valence-corrected chi connectivity index (χ2v) is 9.33. The van der Waals surface area contributed by atoms with Gasteiger partial charge in [-0.3, -0.25) is 4.79 Å². The normalized spacial score (nSPS) is 12.6. The Morgan fingerprint density at radius 3 is 2.26 bits per heavy atom. The molecule has 0 aliphatic carbocycles. The number of nitrogens with one attached hydrogen (secondary N) is 1. The molecule has 0 saturated carbocycles. The molecular weight excluding hydrogens is 419 g/mol. The van der Waals surface area contributed by atoms with E-state index in [9.17, 15) is 23.3 Å². The number of nitrogens with zero attached hydrogens (tertiary/aromatic N) is 1. The van der Waals surface area contributed by atoms with Crippen molar-refractivity contribution in [2.45, 2.75) is 45.2 Å². The van der Waals surface area contributed by atoms with E-state index in [1.807, 2.05) is 39.0 Å². The SMILES string of the molecule is CCN(CC(=O)N[C@@H](Cc1ccc(C)cc1C)OB(O)O)S(=O)(=O)c1ccc(C)cc1. The molecule has 0 aliphatic heterocycles. The van der Waals surface area contributed by atoms with Gasteiger partial charge in [0.15, 0.2) is 0 Å². The quantitative estimate of drug-likeness (QED) is 0.373. The van der Waals surface area contributed by atoms with Crippen LogP contribution in [-0.4, -0.2) is 55.3 Å². The van der Waals surface area contributed by atoms with Crippen LogP contribution < -0.4 is 5.32 Å². The molecule has 0 spiro atoms. The minimum atomic E-state index is -3.86. The molecule has 10 heteroatoms. The summed E-state index contributed by atoms with van der Waals surface area (Å²) in [5.74, 6) is -0.618. The highest BCUT2D eigenvalue weighted by atomic mass is 32.2. The summed E-state index contributed by atoms with van der Waals surface area (Å²) >= 11 is 0. The summed E-state index contributed by atoms with van der Waals surface area (Å²) in [7, 11) is -5.95. The second-order valence-electron chi connectivity index (χ2n) is 7.40. The largest absolute Gasteiger partial charge is 0.635 e. The number of carbonyl (C=O) groups excluding carboxylic acids is 1. The van der Waals surface area contributed by atoms with Crippen LogP contribution in [0.25, 0.3) is 0 Å². The van der Waals surface area contributed by atoms with Gasteiger partial charge in [0, 0.05) is 13.0 Å². The molecule has 2 rings (SSSR count). The number of carbonyl (C=O) groups is 1. The van der Waals surface area contributed by atoms with Crippen LogP contribution >= 0.6 is 0 Å². The number of aryl methyl sites for hydroxylation is 3. The molecule has 2 aromatic carbocycles. The van der Waals surface area contributed by atoms with E-state index < -0.39 is 36.0 Å². The third kappa shape index (κ3) is 7.15. The zero-order valence-electron chi connectivity index (χ0n) is 18.2. The number of amides is 1. The predicted molar refractivity (Wildman–Crippen MR) is 118 cm³/mol. The van der Waals surface area contributed by atoms with E-state index in [4.69, 9.17) is 4.65 Å². The third-order valence-corrected chi connectivity index (χ3v) is 6.78. The van der Waals surface area contributed by atoms with Crippen molar-refractivity contribution < 1.29 is 27.9 Å². The van der Waals surface area contributed by atoms with Crippen LogP contribution in [0.4, 0.5) is 0 Å². The van der Waals surface area contributed by atoms with Gasteiger partial charge >= 0.3 is 7.32 Å². The fraction of sp³-hybridized carbons (Fsp3) is 0.381. The van der Waals surface area contributed by atoms with E-state index in [1.54, 1.807) is 19.1 Å². The first-order chi connectivity index (χ1) is 14.5. The number of rotatable bonds is 10. The molecule has 3 N–H and O–H groups in total. The standard InChI is InChI=1S/C21H29BN2O6S/c1-5-24(31(28,29)19-10-7-15(2)8-11-19)14-20(25)23-21(30-22(26)27)13-18-9-6-16(3)12-17(18)4/h6-12,21,26-27H,5,13-14H2,1-4H3,(H,23,25)/t21-/m1/s1. The van der Waals surface area contributed by atoms with Crippen molar-refractivity contribution in [1.82, 2.24) is 9.62 Å². The third-order valence-electron chi connectivity index (χ3n) is 4.84. The highest BCUT2D eigenvalue weighted by Crippen LogP contribution is 2.17. The zero-order valence-corrected chi connectivity index (χ0v) is 19.0. The van der Waals surface area contributed by atoms with Crippen molar-refractivity contribution in [3.05, 3.63) is 64.7 Å². The van der Waals surface area contributed by atoms with Crippen LogP contribution in [0.5, 0.6) is 0 Å². The lowest BCUT2D eigenvalue weighted by Crippen LogP contribution is -2.47. The Morgan fingerprint density at radius 1 is 1.10 bits per heavy atom. The van der Waals surface area contributed by atoms with Crippen LogP contribution in [0.15, 0.2) is 47.4 Å². The summed E-state index contributed by atoms with van der Waals surface area (Å²) in [6, 6.07) is 12.1. The number of likely N-dealkylation sites (N-methyl/N-ethyl adjacent to an activating group) is 1. The smallest absolute Gasteiger partial charge is 0.402 e. The van der Waals surface area contributed by atoms with E-state index in [-0.39, 0.29) is 17.9 Å². The number of benzene rings is 2. The number of hydrogen-bond acceptors (Lipinski definition) is 6. The fourth-order valence-electron chi connectivity index (χ4n) is 3.17. The minimum absolute atomic E-state index is 0.0921. The van der Waals surface area contributed by atoms with Crippen LogP contribution in [0.1, 0.15) is 29.2 Å². The summed E-state index contributed by atoms with van der Waals surface area (Å²) in [5.41, 5.74) is 3.82. The van der Waals surface area contributed by atoms with Crippen molar-refractivity contribution in [2.24, 2.45) is 0 Å². The Kier molecular flexibility index (Phi) is 8.78. The van der Waals surface area contributed by atoms with Crippen molar-refractivity contribution in [1.29, 1.82) is 0 Å². The molecule has 2 aromatic rings. The van der Waals surface area contributed by atoms with Crippen molar-refractivity contribution in [3.63, 3.8) is 0 Å². The number of hydrogen-bond donors (Lipinski definition) is 3. The van der Waals surface area contributed by atoms with Gasteiger partial charge in [-0.05, 0) is 44.0 Å². The zero-order chi connectivity index (χ0) is 23.2. The Labute approximate surface area is 184 Å². The first-order valence-electron chi connectivity index (χ1n) is 9.96. The van der Waals surface area contributed by atoms with Gasteiger partial charge in [0.05, 0.1) is 11.4 Å². The molecule has 0 fully saturated rings. The first kappa shape index (κ1) is 25.0. The lowest BCUT2D eigenvalue weighted by atomic mass is 10.0. The monoisotopic (exact) mass is 448 g/mol. The lowest BCUT2D eigenvalue weighted by molar-refractivity contribution is -0.124. The minimum Gasteiger partial charge on any atom is -0.402 e. The molecule has 168 valence electrons. The summed E-state index contributed by atoms with van der Waals surface area (Å²) in [4.78, 5) is 12.7. The van der Waals surface area contributed by atoms with Gasteiger partial charge < -0.3 is 20.0 Å². The first-order valence-corrected chi connectivity index (χ1v) is 11.4. The van der Waals surface area contributed by atoms with Gasteiger partial charge in [-0.1, -0.05) is 48.4 Å². The molecule has 0 heterocycles. The van der Waals surface area contributed by atoms with Crippen molar-refractivity contribution in [2.75, 3.05) is 13.1 Å². The van der Waals surface area contributed by atoms with E-state index in [1.165, 1.54) is 12.1 Å². The second kappa shape index (κ2) is 10.9. The topological polar surface area (TPSA) is 116 Å². The molecule has 0 saturated heterocycles. The van der Waals surface area contributed by atoms with Crippen LogP contribution in [0.2, 0.25) is 0 Å². The van der Waals surface area contributed by atoms with Gasteiger partial charge in [-0.15, -0.1) is 0 Å². The van der Waals surface area contributed by atoms with Crippen LogP contribution in [-0.2, 0) is 25.9 Å². The molecule has 0 radical (unpaired) electrons. The average Bonchev–Trinajstić information content (AvgIpc) is 2.68. The van der Waals surface area contributed by atoms with E-state index >= 15 is 0 Å². The van der Waals surface area contributed by atoms with Crippen LogP contribution in [0.3, 0.4) is 0 Å². The van der Waals surface area contributed by atoms with Gasteiger partial charge in [-0.25, -0.2) is 8.42 Å². The predicted octanol–water partition coefficient (Wildman–Crippen LogP) is 1.29. The molecule has 0 unspecified atom stereocenters. The Balaban J connectivity index is 2.13. The fourth-order valence-corrected chi connectivity index (χ4v) is 4.57. The highest BCUT2D eigenvalue weighted by molar-refractivity contribution is 7.89. The molecule has 0 bridgehead atoms. The van der Waals surface area contributed by atoms with Crippen LogP contribution in [0, 0.1) is 20.8 Å². The molecule has 0 aromatic heterocycles. The Bertz CT molecular complexity index is 995. The van der Waals surface area contributed by atoms with Gasteiger partial charge in [0.1, 0.15) is 6.23 Å². The molecular formula is C21H29BN2O6S. The molecule has 1 atom stereocenters. The van der Waals surface area contributed by atoms with E-state index in [0.717, 1.165) is 26.6 Å². The molecule has 0 aliphatic rings. The van der Waals surface area contributed by atoms with E-state index in [2.05, 4.69) is 5.32 Å². The average molecular weight is 448 g/mol. The highest BCUT2D eigenvalue weighted by Gasteiger charge is 2.27. The molecule has 8 nitrogen and oxygen atoms in total. The molecule has 31 heavy (non-hydrogen) atoms. The number of sulfonamides is 1. The van der Waals surface area contributed by atoms with Gasteiger partial charge in [0.25, 0.3) is 0 Å². The van der Waals surface area contributed by atoms with Crippen molar-refractivity contribution >= 4 is 23.3 Å².